The van der Waals surface area contributed by atoms with Gasteiger partial charge >= 0.3 is 11.9 Å². The van der Waals surface area contributed by atoms with E-state index < -0.39 is 11.9 Å². The molecule has 25 heavy (non-hydrogen) atoms. The van der Waals surface area contributed by atoms with Crippen LogP contribution >= 0.6 is 11.6 Å². The first-order valence-electron chi connectivity index (χ1n) is 7.67. The number of nitrogens with one attached hydrogen (secondary N) is 1. The van der Waals surface area contributed by atoms with Crippen LogP contribution in [0.25, 0.3) is 0 Å². The first-order valence-corrected chi connectivity index (χ1v) is 8.05. The van der Waals surface area contributed by atoms with Gasteiger partial charge in [-0.25, -0.2) is 0 Å². The van der Waals surface area contributed by atoms with Gasteiger partial charge in [0.15, 0.2) is 11.9 Å². The van der Waals surface area contributed by atoms with Gasteiger partial charge in [0, 0.05) is 16.8 Å². The number of dihydropyridines is 1. The molecular formula is C18H16ClNO5. The smallest absolute Gasteiger partial charge is 0.311 e. The van der Waals surface area contributed by atoms with Gasteiger partial charge < -0.3 is 19.9 Å². The molecule has 2 aliphatic heterocycles. The number of carboxylic acids is 1. The van der Waals surface area contributed by atoms with Crippen LogP contribution in [0.2, 0.25) is 5.02 Å². The average molecular weight is 362 g/mol. The van der Waals surface area contributed by atoms with Crippen molar-refractivity contribution in [1.29, 1.82) is 0 Å². The molecule has 0 saturated carbocycles. The third-order valence-corrected chi connectivity index (χ3v) is 4.13. The topological polar surface area (TPSA) is 84.9 Å². The van der Waals surface area contributed by atoms with Gasteiger partial charge in [-0.1, -0.05) is 23.7 Å². The van der Waals surface area contributed by atoms with Crippen LogP contribution in [0.1, 0.15) is 31.4 Å². The Morgan fingerprint density at radius 2 is 2.00 bits per heavy atom. The van der Waals surface area contributed by atoms with Crippen LogP contribution in [0.5, 0.6) is 0 Å². The Morgan fingerprint density at radius 1 is 1.28 bits per heavy atom. The maximum atomic E-state index is 11.9. The van der Waals surface area contributed by atoms with Crippen LogP contribution in [0.3, 0.4) is 0 Å². The Balaban J connectivity index is 1.76. The zero-order valence-electron chi connectivity index (χ0n) is 13.4. The van der Waals surface area contributed by atoms with E-state index in [2.05, 4.69) is 5.32 Å². The molecule has 0 bridgehead atoms. The number of rotatable bonds is 5. The fourth-order valence-corrected chi connectivity index (χ4v) is 2.74. The fraction of sp³-hybridized carbons (Fsp3) is 0.222. The molecule has 6 nitrogen and oxygen atoms in total. The number of fused-ring (bicyclic) bond motifs is 1. The number of hydrogen-bond donors (Lipinski definition) is 2. The number of ether oxygens (including phenoxy) is 2. The first-order chi connectivity index (χ1) is 12.0. The summed E-state index contributed by atoms with van der Waals surface area (Å²) in [5, 5.41) is 12.4. The monoisotopic (exact) mass is 361 g/mol. The van der Waals surface area contributed by atoms with E-state index in [9.17, 15) is 9.59 Å². The van der Waals surface area contributed by atoms with Gasteiger partial charge in [0.2, 0.25) is 0 Å². The lowest BCUT2D eigenvalue weighted by Crippen LogP contribution is -2.19. The van der Waals surface area contributed by atoms with Gasteiger partial charge in [0.25, 0.3) is 0 Å². The Morgan fingerprint density at radius 3 is 2.68 bits per heavy atom. The summed E-state index contributed by atoms with van der Waals surface area (Å²) in [6.45, 7) is 1.77. The number of benzene rings is 1. The van der Waals surface area contributed by atoms with Crippen molar-refractivity contribution in [3.05, 3.63) is 69.9 Å². The molecule has 0 aliphatic carbocycles. The van der Waals surface area contributed by atoms with E-state index in [4.69, 9.17) is 26.2 Å². The van der Waals surface area contributed by atoms with E-state index in [1.54, 1.807) is 25.3 Å². The summed E-state index contributed by atoms with van der Waals surface area (Å²) < 4.78 is 11.1. The summed E-state index contributed by atoms with van der Waals surface area (Å²) in [4.78, 5) is 22.5. The molecule has 3 rings (SSSR count). The summed E-state index contributed by atoms with van der Waals surface area (Å²) >= 11 is 5.92. The predicted octanol–water partition coefficient (Wildman–Crippen LogP) is 3.42. The molecule has 1 aromatic carbocycles. The molecule has 0 fully saturated rings. The van der Waals surface area contributed by atoms with Crippen molar-refractivity contribution in [2.45, 2.75) is 25.9 Å². The maximum Gasteiger partial charge on any atom is 0.311 e. The van der Waals surface area contributed by atoms with Gasteiger partial charge in [-0.05, 0) is 24.6 Å². The summed E-state index contributed by atoms with van der Waals surface area (Å²) in [6, 6.07) is 7.30. The molecule has 0 spiro atoms. The summed E-state index contributed by atoms with van der Waals surface area (Å²) in [6.07, 6.45) is 2.56. The Kier molecular flexibility index (Phi) is 4.81. The van der Waals surface area contributed by atoms with Crippen molar-refractivity contribution in [2.24, 2.45) is 0 Å². The predicted molar refractivity (Wildman–Crippen MR) is 90.2 cm³/mol. The molecule has 130 valence electrons. The molecule has 0 radical (unpaired) electrons. The third kappa shape index (κ3) is 3.69. The number of halogens is 1. The lowest BCUT2D eigenvalue weighted by Gasteiger charge is -2.21. The SMILES string of the molecule is CC1=C(OC(=O)CCC(=O)O)C2=CO[C@@H](c3ccc(Cl)cc3)C2=CN1. The van der Waals surface area contributed by atoms with E-state index >= 15 is 0 Å². The second-order valence-corrected chi connectivity index (χ2v) is 6.10. The quantitative estimate of drug-likeness (QED) is 0.782. The molecule has 0 amide bonds. The van der Waals surface area contributed by atoms with Crippen molar-refractivity contribution in [2.75, 3.05) is 0 Å². The molecule has 0 saturated heterocycles. The van der Waals surface area contributed by atoms with Crippen LogP contribution in [-0.2, 0) is 19.1 Å². The van der Waals surface area contributed by atoms with Crippen LogP contribution in [0.15, 0.2) is 59.3 Å². The van der Waals surface area contributed by atoms with Gasteiger partial charge in [0.1, 0.15) is 0 Å². The van der Waals surface area contributed by atoms with Crippen molar-refractivity contribution in [3.63, 3.8) is 0 Å². The largest absolute Gasteiger partial charge is 0.488 e. The van der Waals surface area contributed by atoms with Crippen molar-refractivity contribution < 1.29 is 24.2 Å². The first kappa shape index (κ1) is 17.1. The lowest BCUT2D eigenvalue weighted by molar-refractivity contribution is -0.144. The van der Waals surface area contributed by atoms with Gasteiger partial charge in [-0.3, -0.25) is 9.59 Å². The van der Waals surface area contributed by atoms with Crippen molar-refractivity contribution >= 4 is 23.5 Å². The van der Waals surface area contributed by atoms with E-state index in [0.717, 1.165) is 11.1 Å². The van der Waals surface area contributed by atoms with Crippen molar-refractivity contribution in [3.8, 4) is 0 Å². The highest BCUT2D eigenvalue weighted by Gasteiger charge is 2.33. The number of carbonyl (C=O) groups is 2. The molecule has 2 N–H and O–H groups in total. The summed E-state index contributed by atoms with van der Waals surface area (Å²) in [7, 11) is 0. The minimum Gasteiger partial charge on any atom is -0.488 e. The second kappa shape index (κ2) is 7.03. The van der Waals surface area contributed by atoms with Gasteiger partial charge in [-0.2, -0.15) is 0 Å². The molecule has 1 atom stereocenters. The molecule has 0 unspecified atom stereocenters. The van der Waals surface area contributed by atoms with Crippen LogP contribution in [0, 0.1) is 0 Å². The minimum atomic E-state index is -1.05. The van der Waals surface area contributed by atoms with Crippen LogP contribution in [0.4, 0.5) is 0 Å². The average Bonchev–Trinajstić information content (AvgIpc) is 3.00. The Labute approximate surface area is 149 Å². The Hall–Kier alpha value is -2.73. The lowest BCUT2D eigenvalue weighted by atomic mass is 9.95. The zero-order chi connectivity index (χ0) is 18.0. The van der Waals surface area contributed by atoms with E-state index in [-0.39, 0.29) is 18.9 Å². The molecule has 0 aromatic heterocycles. The molecule has 2 heterocycles. The zero-order valence-corrected chi connectivity index (χ0v) is 14.2. The van der Waals surface area contributed by atoms with E-state index in [1.165, 1.54) is 0 Å². The van der Waals surface area contributed by atoms with Crippen molar-refractivity contribution in [1.82, 2.24) is 5.32 Å². The number of allylic oxidation sites excluding steroid dienone is 2. The molecule has 1 aromatic rings. The third-order valence-electron chi connectivity index (χ3n) is 3.88. The molecular weight excluding hydrogens is 346 g/mol. The number of carbonyl (C=O) groups excluding carboxylic acids is 1. The summed E-state index contributed by atoms with van der Waals surface area (Å²) in [5.74, 6) is -1.30. The second-order valence-electron chi connectivity index (χ2n) is 5.67. The Bertz CT molecular complexity index is 807. The summed E-state index contributed by atoms with van der Waals surface area (Å²) in [5.41, 5.74) is 3.06. The van der Waals surface area contributed by atoms with E-state index in [1.807, 2.05) is 18.3 Å². The van der Waals surface area contributed by atoms with Gasteiger partial charge in [0.05, 0.1) is 30.4 Å². The van der Waals surface area contributed by atoms with E-state index in [0.29, 0.717) is 22.1 Å². The normalized spacial score (nSPS) is 18.6. The number of aliphatic carboxylic acids is 1. The van der Waals surface area contributed by atoms with Crippen LogP contribution in [-0.4, -0.2) is 17.0 Å². The number of hydrogen-bond acceptors (Lipinski definition) is 5. The molecule has 2 aliphatic rings. The number of carboxylic acid groups (broad SMARTS) is 1. The van der Waals surface area contributed by atoms with Crippen LogP contribution < -0.4 is 5.32 Å². The molecule has 7 heteroatoms. The number of esters is 1. The standard InChI is InChI=1S/C18H16ClNO5/c1-10-17(25-16(23)7-6-15(21)22)14-9-24-18(13(14)8-20-10)11-2-4-12(19)5-3-11/h2-5,8-9,18,20H,6-7H2,1H3,(H,21,22)/t18-/m0/s1. The highest BCUT2D eigenvalue weighted by molar-refractivity contribution is 6.30. The highest BCUT2D eigenvalue weighted by Crippen LogP contribution is 2.42. The fourth-order valence-electron chi connectivity index (χ4n) is 2.61. The highest BCUT2D eigenvalue weighted by atomic mass is 35.5. The minimum absolute atomic E-state index is 0.195. The van der Waals surface area contributed by atoms with Gasteiger partial charge in [-0.15, -0.1) is 0 Å². The maximum absolute atomic E-state index is 11.9.